The molecule has 0 atom stereocenters. The van der Waals surface area contributed by atoms with Crippen molar-refractivity contribution in [3.05, 3.63) is 64.9 Å². The minimum Gasteiger partial charge on any atom is -0.318 e. The standard InChI is InChI=1S/C18H16F3N3O/c1-3-4-13-17(24-8-7-10(2)9-14(24)22-13)18(25)23-12-6-5-11(19)15(20)16(12)21/h5-9H,3-4H2,1-2H3,(H,23,25). The monoisotopic (exact) mass is 347 g/mol. The number of hydrogen-bond acceptors (Lipinski definition) is 2. The van der Waals surface area contributed by atoms with Crippen LogP contribution < -0.4 is 5.32 Å². The van der Waals surface area contributed by atoms with Crippen molar-refractivity contribution >= 4 is 17.2 Å². The smallest absolute Gasteiger partial charge is 0.274 e. The third-order valence-corrected chi connectivity index (χ3v) is 3.84. The van der Waals surface area contributed by atoms with E-state index >= 15 is 0 Å². The zero-order valence-corrected chi connectivity index (χ0v) is 13.7. The molecular formula is C18H16F3N3O. The van der Waals surface area contributed by atoms with Gasteiger partial charge in [0.2, 0.25) is 0 Å². The van der Waals surface area contributed by atoms with Gasteiger partial charge in [0, 0.05) is 6.20 Å². The van der Waals surface area contributed by atoms with Gasteiger partial charge in [-0.25, -0.2) is 18.2 Å². The number of aromatic nitrogens is 2. The summed E-state index contributed by atoms with van der Waals surface area (Å²) in [7, 11) is 0. The predicted octanol–water partition coefficient (Wildman–Crippen LogP) is 4.26. The van der Waals surface area contributed by atoms with E-state index in [0.29, 0.717) is 17.8 Å². The first kappa shape index (κ1) is 17.0. The quantitative estimate of drug-likeness (QED) is 0.717. The maximum atomic E-state index is 13.8. The maximum absolute atomic E-state index is 13.8. The fraction of sp³-hybridized carbons (Fsp3) is 0.222. The van der Waals surface area contributed by atoms with Crippen LogP contribution in [0.2, 0.25) is 0 Å². The largest absolute Gasteiger partial charge is 0.318 e. The SMILES string of the molecule is CCCc1nc2cc(C)ccn2c1C(=O)Nc1ccc(F)c(F)c1F. The minimum atomic E-state index is -1.62. The minimum absolute atomic E-state index is 0.251. The molecule has 0 aliphatic heterocycles. The number of fused-ring (bicyclic) bond motifs is 1. The van der Waals surface area contributed by atoms with Crippen molar-refractivity contribution in [2.24, 2.45) is 0 Å². The fourth-order valence-electron chi connectivity index (χ4n) is 2.65. The van der Waals surface area contributed by atoms with Crippen molar-refractivity contribution in [2.45, 2.75) is 26.7 Å². The molecule has 25 heavy (non-hydrogen) atoms. The van der Waals surface area contributed by atoms with Crippen LogP contribution in [0.3, 0.4) is 0 Å². The molecule has 3 aromatic rings. The van der Waals surface area contributed by atoms with Gasteiger partial charge in [-0.1, -0.05) is 13.3 Å². The number of aryl methyl sites for hydroxylation is 2. The summed E-state index contributed by atoms with van der Waals surface area (Å²) in [5.74, 6) is -5.01. The van der Waals surface area contributed by atoms with Crippen LogP contribution in [0.1, 0.15) is 35.1 Å². The Hall–Kier alpha value is -2.83. The number of benzene rings is 1. The fourth-order valence-corrected chi connectivity index (χ4v) is 2.65. The Morgan fingerprint density at radius 2 is 1.96 bits per heavy atom. The second-order valence-corrected chi connectivity index (χ2v) is 5.77. The van der Waals surface area contributed by atoms with Gasteiger partial charge in [0.15, 0.2) is 17.5 Å². The summed E-state index contributed by atoms with van der Waals surface area (Å²) >= 11 is 0. The van der Waals surface area contributed by atoms with Crippen LogP contribution in [0.15, 0.2) is 30.5 Å². The first-order valence-electron chi connectivity index (χ1n) is 7.84. The van der Waals surface area contributed by atoms with Gasteiger partial charge in [-0.15, -0.1) is 0 Å². The highest BCUT2D eigenvalue weighted by Gasteiger charge is 2.21. The second-order valence-electron chi connectivity index (χ2n) is 5.77. The average Bonchev–Trinajstić information content (AvgIpc) is 2.92. The third kappa shape index (κ3) is 3.09. The molecule has 0 bridgehead atoms. The van der Waals surface area contributed by atoms with Crippen molar-refractivity contribution in [3.8, 4) is 0 Å². The first-order chi connectivity index (χ1) is 11.9. The highest BCUT2D eigenvalue weighted by Crippen LogP contribution is 2.22. The van der Waals surface area contributed by atoms with E-state index in [4.69, 9.17) is 0 Å². The molecule has 0 fully saturated rings. The highest BCUT2D eigenvalue weighted by atomic mass is 19.2. The van der Waals surface area contributed by atoms with Crippen LogP contribution in [0, 0.1) is 24.4 Å². The zero-order valence-electron chi connectivity index (χ0n) is 13.7. The Morgan fingerprint density at radius 3 is 2.68 bits per heavy atom. The molecule has 7 heteroatoms. The molecule has 0 unspecified atom stereocenters. The molecule has 0 saturated carbocycles. The van der Waals surface area contributed by atoms with E-state index in [1.807, 2.05) is 26.0 Å². The van der Waals surface area contributed by atoms with Gasteiger partial charge in [0.05, 0.1) is 11.4 Å². The third-order valence-electron chi connectivity index (χ3n) is 3.84. The summed E-state index contributed by atoms with van der Waals surface area (Å²) in [5, 5.41) is 2.30. The number of imidazole rings is 1. The van der Waals surface area contributed by atoms with E-state index in [-0.39, 0.29) is 5.69 Å². The van der Waals surface area contributed by atoms with Crippen LogP contribution in [-0.4, -0.2) is 15.3 Å². The lowest BCUT2D eigenvalue weighted by Gasteiger charge is -2.09. The summed E-state index contributed by atoms with van der Waals surface area (Å²) in [4.78, 5) is 17.1. The number of halogens is 3. The highest BCUT2D eigenvalue weighted by molar-refractivity contribution is 6.04. The molecule has 1 N–H and O–H groups in total. The lowest BCUT2D eigenvalue weighted by molar-refractivity contribution is 0.102. The lowest BCUT2D eigenvalue weighted by Crippen LogP contribution is -2.18. The molecule has 2 aromatic heterocycles. The molecule has 2 heterocycles. The number of carbonyl (C=O) groups is 1. The number of anilines is 1. The van der Waals surface area contributed by atoms with E-state index in [9.17, 15) is 18.0 Å². The number of amides is 1. The molecule has 1 aromatic carbocycles. The van der Waals surface area contributed by atoms with Crippen molar-refractivity contribution in [1.29, 1.82) is 0 Å². The van der Waals surface area contributed by atoms with Gasteiger partial charge in [0.25, 0.3) is 5.91 Å². The van der Waals surface area contributed by atoms with E-state index in [1.165, 1.54) is 0 Å². The van der Waals surface area contributed by atoms with Gasteiger partial charge >= 0.3 is 0 Å². The molecular weight excluding hydrogens is 331 g/mol. The molecule has 0 radical (unpaired) electrons. The molecule has 0 aliphatic carbocycles. The Labute approximate surface area is 142 Å². The maximum Gasteiger partial charge on any atom is 0.274 e. The van der Waals surface area contributed by atoms with Gasteiger partial charge in [-0.05, 0) is 43.2 Å². The van der Waals surface area contributed by atoms with Crippen molar-refractivity contribution < 1.29 is 18.0 Å². The second kappa shape index (κ2) is 6.58. The summed E-state index contributed by atoms with van der Waals surface area (Å²) in [6.07, 6.45) is 3.03. The Bertz CT molecular complexity index is 966. The van der Waals surface area contributed by atoms with Gasteiger partial charge in [-0.3, -0.25) is 9.20 Å². The number of rotatable bonds is 4. The Morgan fingerprint density at radius 1 is 1.20 bits per heavy atom. The molecule has 0 saturated heterocycles. The molecule has 1 amide bonds. The summed E-state index contributed by atoms with van der Waals surface area (Å²) in [5.41, 5.74) is 1.97. The van der Waals surface area contributed by atoms with Gasteiger partial charge in [-0.2, -0.15) is 0 Å². The van der Waals surface area contributed by atoms with E-state index in [1.54, 1.807) is 10.6 Å². The number of hydrogen-bond donors (Lipinski definition) is 1. The van der Waals surface area contributed by atoms with E-state index < -0.39 is 29.0 Å². The molecule has 0 aliphatic rings. The number of nitrogens with zero attached hydrogens (tertiary/aromatic N) is 2. The number of pyridine rings is 1. The number of nitrogens with one attached hydrogen (secondary N) is 1. The van der Waals surface area contributed by atoms with Crippen LogP contribution >= 0.6 is 0 Å². The first-order valence-corrected chi connectivity index (χ1v) is 7.84. The van der Waals surface area contributed by atoms with Crippen molar-refractivity contribution in [1.82, 2.24) is 9.38 Å². The van der Waals surface area contributed by atoms with Crippen molar-refractivity contribution in [2.75, 3.05) is 5.32 Å². The number of carbonyl (C=O) groups excluding carboxylic acids is 1. The summed E-state index contributed by atoms with van der Waals surface area (Å²) < 4.78 is 41.8. The molecule has 0 spiro atoms. The average molecular weight is 347 g/mol. The molecule has 3 rings (SSSR count). The molecule has 130 valence electrons. The van der Waals surface area contributed by atoms with Crippen LogP contribution in [0.25, 0.3) is 5.65 Å². The van der Waals surface area contributed by atoms with Gasteiger partial charge < -0.3 is 5.32 Å². The normalized spacial score (nSPS) is 11.1. The summed E-state index contributed by atoms with van der Waals surface area (Å²) in [6, 6.07) is 5.39. The molecule has 4 nitrogen and oxygen atoms in total. The topological polar surface area (TPSA) is 46.4 Å². The Kier molecular flexibility index (Phi) is 4.48. The predicted molar refractivity (Wildman–Crippen MR) is 88.2 cm³/mol. The van der Waals surface area contributed by atoms with Crippen LogP contribution in [-0.2, 0) is 6.42 Å². The van der Waals surface area contributed by atoms with Crippen LogP contribution in [0.5, 0.6) is 0 Å². The Balaban J connectivity index is 2.05. The van der Waals surface area contributed by atoms with E-state index in [2.05, 4.69) is 10.3 Å². The lowest BCUT2D eigenvalue weighted by atomic mass is 10.2. The van der Waals surface area contributed by atoms with Crippen LogP contribution in [0.4, 0.5) is 18.9 Å². The van der Waals surface area contributed by atoms with Crippen molar-refractivity contribution in [3.63, 3.8) is 0 Å². The summed E-state index contributed by atoms with van der Waals surface area (Å²) in [6.45, 7) is 3.86. The van der Waals surface area contributed by atoms with Gasteiger partial charge in [0.1, 0.15) is 11.3 Å². The van der Waals surface area contributed by atoms with E-state index in [0.717, 1.165) is 24.1 Å². The zero-order chi connectivity index (χ0) is 18.1.